The van der Waals surface area contributed by atoms with E-state index in [1.807, 2.05) is 0 Å². The molecule has 2 rings (SSSR count). The molecule has 1 amide bonds. The number of halogens is 4. The summed E-state index contributed by atoms with van der Waals surface area (Å²) in [4.78, 5) is 11.8. The van der Waals surface area contributed by atoms with Gasteiger partial charge in [-0.1, -0.05) is 34.8 Å². The van der Waals surface area contributed by atoms with Crippen LogP contribution in [-0.4, -0.2) is 12.5 Å². The molecule has 0 bridgehead atoms. The van der Waals surface area contributed by atoms with Gasteiger partial charge in [0.1, 0.15) is 11.6 Å². The third kappa shape index (κ3) is 4.49. The molecule has 0 aromatic heterocycles. The van der Waals surface area contributed by atoms with Crippen molar-refractivity contribution in [3.63, 3.8) is 0 Å². The fourth-order valence-electron chi connectivity index (χ4n) is 1.52. The third-order valence-electron chi connectivity index (χ3n) is 2.46. The average Bonchev–Trinajstić information content (AvgIpc) is 2.42. The minimum absolute atomic E-state index is 0.0867. The quantitative estimate of drug-likeness (QED) is 0.861. The predicted molar refractivity (Wildman–Crippen MR) is 82.0 cm³/mol. The van der Waals surface area contributed by atoms with Crippen LogP contribution in [0.25, 0.3) is 0 Å². The van der Waals surface area contributed by atoms with Crippen molar-refractivity contribution >= 4 is 46.4 Å². The Hall–Kier alpha value is -1.49. The summed E-state index contributed by atoms with van der Waals surface area (Å²) >= 11 is 17.5. The van der Waals surface area contributed by atoms with Gasteiger partial charge in [0.05, 0.1) is 15.7 Å². The predicted octanol–water partition coefficient (Wildman–Crippen LogP) is 4.80. The molecule has 0 aliphatic rings. The Kier molecular flexibility index (Phi) is 5.28. The Labute approximate surface area is 135 Å². The average molecular weight is 349 g/mol. The third-order valence-corrected chi connectivity index (χ3v) is 3.32. The lowest BCUT2D eigenvalue weighted by Crippen LogP contribution is -2.20. The van der Waals surface area contributed by atoms with Crippen molar-refractivity contribution < 1.29 is 13.9 Å². The van der Waals surface area contributed by atoms with Crippen LogP contribution < -0.4 is 10.1 Å². The molecule has 3 nitrogen and oxygen atoms in total. The summed E-state index contributed by atoms with van der Waals surface area (Å²) in [6, 6.07) is 8.32. The molecule has 1 N–H and O–H groups in total. The van der Waals surface area contributed by atoms with E-state index in [9.17, 15) is 9.18 Å². The van der Waals surface area contributed by atoms with Crippen molar-refractivity contribution in [2.45, 2.75) is 0 Å². The number of nitrogens with one attached hydrogen (secondary N) is 1. The van der Waals surface area contributed by atoms with E-state index in [-0.39, 0.29) is 17.4 Å². The van der Waals surface area contributed by atoms with Crippen LogP contribution in [0.5, 0.6) is 5.75 Å². The Balaban J connectivity index is 1.97. The second-order valence-corrected chi connectivity index (χ2v) is 5.29. The number of ether oxygens (including phenoxy) is 1. The van der Waals surface area contributed by atoms with Gasteiger partial charge in [-0.25, -0.2) is 4.39 Å². The van der Waals surface area contributed by atoms with E-state index in [2.05, 4.69) is 5.32 Å². The molecule has 0 radical (unpaired) electrons. The van der Waals surface area contributed by atoms with Gasteiger partial charge in [-0.05, 0) is 36.4 Å². The highest BCUT2D eigenvalue weighted by Gasteiger charge is 2.09. The highest BCUT2D eigenvalue weighted by atomic mass is 35.5. The van der Waals surface area contributed by atoms with E-state index in [0.29, 0.717) is 15.7 Å². The van der Waals surface area contributed by atoms with Crippen LogP contribution in [0.4, 0.5) is 10.1 Å². The lowest BCUT2D eigenvalue weighted by atomic mass is 10.3. The fourth-order valence-corrected chi connectivity index (χ4v) is 2.07. The van der Waals surface area contributed by atoms with Gasteiger partial charge in [-0.3, -0.25) is 4.79 Å². The zero-order valence-corrected chi connectivity index (χ0v) is 12.8. The highest BCUT2D eigenvalue weighted by Crippen LogP contribution is 2.26. The maximum absolute atomic E-state index is 12.9. The van der Waals surface area contributed by atoms with Crippen molar-refractivity contribution in [3.05, 3.63) is 57.3 Å². The number of rotatable bonds is 4. The van der Waals surface area contributed by atoms with Crippen LogP contribution >= 0.6 is 34.8 Å². The van der Waals surface area contributed by atoms with Gasteiger partial charge in [0.25, 0.3) is 5.91 Å². The zero-order valence-electron chi connectivity index (χ0n) is 10.5. The van der Waals surface area contributed by atoms with Gasteiger partial charge in [0.15, 0.2) is 6.61 Å². The number of carbonyl (C=O) groups excluding carboxylic acids is 1. The first-order valence-corrected chi connectivity index (χ1v) is 6.92. The van der Waals surface area contributed by atoms with E-state index >= 15 is 0 Å². The van der Waals surface area contributed by atoms with Gasteiger partial charge in [0.2, 0.25) is 0 Å². The van der Waals surface area contributed by atoms with Crippen LogP contribution in [0, 0.1) is 5.82 Å². The molecule has 0 aliphatic carbocycles. The normalized spacial score (nSPS) is 10.3. The van der Waals surface area contributed by atoms with Crippen molar-refractivity contribution in [3.8, 4) is 5.75 Å². The summed E-state index contributed by atoms with van der Waals surface area (Å²) in [5, 5.41) is 3.44. The molecule has 0 saturated heterocycles. The molecule has 2 aromatic carbocycles. The lowest BCUT2D eigenvalue weighted by molar-refractivity contribution is -0.118. The molecule has 0 atom stereocenters. The Morgan fingerprint density at radius 2 is 1.86 bits per heavy atom. The number of anilines is 1. The van der Waals surface area contributed by atoms with Gasteiger partial charge >= 0.3 is 0 Å². The first kappa shape index (κ1) is 15.9. The minimum Gasteiger partial charge on any atom is -0.482 e. The summed E-state index contributed by atoms with van der Waals surface area (Å²) in [7, 11) is 0. The van der Waals surface area contributed by atoms with Gasteiger partial charge in [-0.2, -0.15) is 0 Å². The van der Waals surface area contributed by atoms with E-state index in [0.717, 1.165) is 6.07 Å². The van der Waals surface area contributed by atoms with E-state index in [1.54, 1.807) is 12.1 Å². The van der Waals surface area contributed by atoms with E-state index in [4.69, 9.17) is 39.5 Å². The van der Waals surface area contributed by atoms with Crippen molar-refractivity contribution in [2.75, 3.05) is 11.9 Å². The van der Waals surface area contributed by atoms with Crippen molar-refractivity contribution in [2.24, 2.45) is 0 Å². The topological polar surface area (TPSA) is 38.3 Å². The molecule has 0 spiro atoms. The summed E-state index contributed by atoms with van der Waals surface area (Å²) in [6.07, 6.45) is 0. The molecule has 0 saturated carbocycles. The van der Waals surface area contributed by atoms with Crippen LogP contribution in [0.3, 0.4) is 0 Å². The van der Waals surface area contributed by atoms with E-state index < -0.39 is 11.7 Å². The van der Waals surface area contributed by atoms with Crippen LogP contribution in [0.15, 0.2) is 36.4 Å². The molecule has 0 heterocycles. The fraction of sp³-hybridized carbons (Fsp3) is 0.0714. The Morgan fingerprint density at radius 3 is 2.57 bits per heavy atom. The van der Waals surface area contributed by atoms with Gasteiger partial charge < -0.3 is 10.1 Å². The number of carbonyl (C=O) groups is 1. The first-order chi connectivity index (χ1) is 9.95. The maximum atomic E-state index is 12.9. The molecule has 110 valence electrons. The van der Waals surface area contributed by atoms with Gasteiger partial charge in [0, 0.05) is 5.02 Å². The lowest BCUT2D eigenvalue weighted by Gasteiger charge is -2.10. The second kappa shape index (κ2) is 6.98. The smallest absolute Gasteiger partial charge is 0.262 e. The van der Waals surface area contributed by atoms with Crippen LogP contribution in [0.1, 0.15) is 0 Å². The van der Waals surface area contributed by atoms with Gasteiger partial charge in [-0.15, -0.1) is 0 Å². The first-order valence-electron chi connectivity index (χ1n) is 5.78. The number of hydrogen-bond donors (Lipinski definition) is 1. The minimum atomic E-state index is -0.484. The van der Waals surface area contributed by atoms with Crippen molar-refractivity contribution in [1.29, 1.82) is 0 Å². The highest BCUT2D eigenvalue weighted by molar-refractivity contribution is 6.35. The number of benzene rings is 2. The second-order valence-electron chi connectivity index (χ2n) is 4.04. The molecule has 7 heteroatoms. The molecule has 21 heavy (non-hydrogen) atoms. The Bertz CT molecular complexity index is 679. The summed E-state index contributed by atoms with van der Waals surface area (Å²) in [5.41, 5.74) is 0.378. The molecule has 0 unspecified atom stereocenters. The Morgan fingerprint density at radius 1 is 1.10 bits per heavy atom. The molecular weight excluding hydrogens is 340 g/mol. The largest absolute Gasteiger partial charge is 0.482 e. The molecular formula is C14H9Cl3FNO2. The van der Waals surface area contributed by atoms with Crippen LogP contribution in [-0.2, 0) is 4.79 Å². The molecule has 0 fully saturated rings. The summed E-state index contributed by atoms with van der Waals surface area (Å²) in [6.45, 7) is -0.297. The molecule has 2 aromatic rings. The van der Waals surface area contributed by atoms with Crippen molar-refractivity contribution in [1.82, 2.24) is 0 Å². The number of amides is 1. The standard InChI is InChI=1S/C14H9Cl3FNO2/c15-8-1-3-10(16)12(5-8)19-14(20)7-21-13-4-2-9(18)6-11(13)17/h1-6H,7H2,(H,19,20). The summed E-state index contributed by atoms with van der Waals surface area (Å²) in [5.74, 6) is -0.715. The van der Waals surface area contributed by atoms with E-state index in [1.165, 1.54) is 18.2 Å². The monoisotopic (exact) mass is 347 g/mol. The van der Waals surface area contributed by atoms with Crippen LogP contribution in [0.2, 0.25) is 15.1 Å². The summed E-state index contributed by atoms with van der Waals surface area (Å²) < 4.78 is 18.1. The molecule has 0 aliphatic heterocycles. The number of hydrogen-bond acceptors (Lipinski definition) is 2. The SMILES string of the molecule is O=C(COc1ccc(F)cc1Cl)Nc1cc(Cl)ccc1Cl. The maximum Gasteiger partial charge on any atom is 0.262 e. The zero-order chi connectivity index (χ0) is 15.4.